The van der Waals surface area contributed by atoms with Gasteiger partial charge in [0, 0.05) is 17.6 Å². The normalized spacial score (nSPS) is 10.7. The summed E-state index contributed by atoms with van der Waals surface area (Å²) in [7, 11) is 1.86. The first-order valence-corrected chi connectivity index (χ1v) is 6.40. The van der Waals surface area contributed by atoms with Crippen LogP contribution in [0, 0.1) is 0 Å². The van der Waals surface area contributed by atoms with Gasteiger partial charge in [-0.15, -0.1) is 0 Å². The number of anilines is 1. The van der Waals surface area contributed by atoms with Crippen LogP contribution in [0.15, 0.2) is 53.4 Å². The van der Waals surface area contributed by atoms with E-state index in [0.717, 1.165) is 16.8 Å². The van der Waals surface area contributed by atoms with Crippen molar-refractivity contribution in [3.8, 4) is 11.1 Å². The van der Waals surface area contributed by atoms with Gasteiger partial charge in [0.15, 0.2) is 0 Å². The molecule has 0 unspecified atom stereocenters. The molecule has 0 aliphatic heterocycles. The van der Waals surface area contributed by atoms with Crippen LogP contribution < -0.4 is 5.32 Å². The fraction of sp³-hybridized carbons (Fsp3) is 0.143. The van der Waals surface area contributed by atoms with Crippen molar-refractivity contribution < 1.29 is 8.78 Å². The summed E-state index contributed by atoms with van der Waals surface area (Å²) < 4.78 is 24.4. The number of nitrogens with one attached hydrogen (secondary N) is 1. The van der Waals surface area contributed by atoms with Gasteiger partial charge >= 0.3 is 0 Å². The minimum absolute atomic E-state index is 0.564. The summed E-state index contributed by atoms with van der Waals surface area (Å²) in [5, 5.41) is 3.07. The Morgan fingerprint density at radius 1 is 1.00 bits per heavy atom. The van der Waals surface area contributed by atoms with Crippen LogP contribution in [-0.2, 0) is 0 Å². The Bertz CT molecular complexity index is 511. The molecule has 0 aromatic heterocycles. The zero-order valence-electron chi connectivity index (χ0n) is 9.86. The molecule has 1 nitrogen and oxygen atoms in total. The van der Waals surface area contributed by atoms with Crippen LogP contribution in [0.1, 0.15) is 0 Å². The standard InChI is InChI=1S/C14H13F2NS/c1-17-12-4-2-3-11(9-12)10-5-7-13(8-6-10)18-14(15)16/h2-9,14,17H,1H3. The number of benzene rings is 2. The van der Waals surface area contributed by atoms with E-state index in [4.69, 9.17) is 0 Å². The predicted octanol–water partition coefficient (Wildman–Crippen LogP) is 4.71. The Morgan fingerprint density at radius 2 is 1.72 bits per heavy atom. The van der Waals surface area contributed by atoms with Crippen LogP contribution in [0.5, 0.6) is 0 Å². The van der Waals surface area contributed by atoms with Gasteiger partial charge in [0.25, 0.3) is 5.76 Å². The molecule has 18 heavy (non-hydrogen) atoms. The fourth-order valence-corrected chi connectivity index (χ4v) is 2.18. The van der Waals surface area contributed by atoms with Gasteiger partial charge in [-0.05, 0) is 35.4 Å². The van der Waals surface area contributed by atoms with Crippen molar-refractivity contribution in [2.24, 2.45) is 0 Å². The van der Waals surface area contributed by atoms with Gasteiger partial charge in [0.05, 0.1) is 0 Å². The van der Waals surface area contributed by atoms with E-state index in [-0.39, 0.29) is 0 Å². The van der Waals surface area contributed by atoms with Crippen LogP contribution >= 0.6 is 11.8 Å². The van der Waals surface area contributed by atoms with E-state index in [1.165, 1.54) is 0 Å². The summed E-state index contributed by atoms with van der Waals surface area (Å²) in [6, 6.07) is 15.1. The SMILES string of the molecule is CNc1cccc(-c2ccc(SC(F)F)cc2)c1. The maximum absolute atomic E-state index is 12.2. The summed E-state index contributed by atoms with van der Waals surface area (Å²) in [6.45, 7) is 0. The average Bonchev–Trinajstić information content (AvgIpc) is 2.39. The zero-order valence-corrected chi connectivity index (χ0v) is 10.7. The van der Waals surface area contributed by atoms with Crippen molar-refractivity contribution in [2.75, 3.05) is 12.4 Å². The van der Waals surface area contributed by atoms with Crippen LogP contribution in [0.2, 0.25) is 0 Å². The molecule has 2 rings (SSSR count). The molecule has 0 heterocycles. The number of halogens is 2. The predicted molar refractivity (Wildman–Crippen MR) is 73.3 cm³/mol. The molecule has 0 saturated heterocycles. The second kappa shape index (κ2) is 5.87. The molecular weight excluding hydrogens is 252 g/mol. The zero-order chi connectivity index (χ0) is 13.0. The Balaban J connectivity index is 2.22. The molecule has 0 aliphatic rings. The van der Waals surface area contributed by atoms with Crippen molar-refractivity contribution in [3.63, 3.8) is 0 Å². The largest absolute Gasteiger partial charge is 0.388 e. The Labute approximate surface area is 109 Å². The lowest BCUT2D eigenvalue weighted by Gasteiger charge is -2.06. The van der Waals surface area contributed by atoms with E-state index in [9.17, 15) is 8.78 Å². The molecule has 0 radical (unpaired) electrons. The monoisotopic (exact) mass is 265 g/mol. The minimum atomic E-state index is -2.37. The Morgan fingerprint density at radius 3 is 2.33 bits per heavy atom. The van der Waals surface area contributed by atoms with Gasteiger partial charge in [0.1, 0.15) is 0 Å². The first-order chi connectivity index (χ1) is 8.69. The molecule has 0 atom stereocenters. The molecule has 0 spiro atoms. The number of hydrogen-bond acceptors (Lipinski definition) is 2. The molecule has 4 heteroatoms. The summed E-state index contributed by atoms with van der Waals surface area (Å²) in [6.07, 6.45) is 0. The highest BCUT2D eigenvalue weighted by Crippen LogP contribution is 2.28. The lowest BCUT2D eigenvalue weighted by Crippen LogP contribution is -1.88. The van der Waals surface area contributed by atoms with Crippen LogP contribution in [0.3, 0.4) is 0 Å². The third-order valence-electron chi connectivity index (χ3n) is 2.56. The summed E-state index contributed by atoms with van der Waals surface area (Å²) in [4.78, 5) is 0.582. The van der Waals surface area contributed by atoms with Gasteiger partial charge in [-0.25, -0.2) is 0 Å². The van der Waals surface area contributed by atoms with Crippen molar-refractivity contribution in [1.29, 1.82) is 0 Å². The fourth-order valence-electron chi connectivity index (χ4n) is 1.68. The third-order valence-corrected chi connectivity index (χ3v) is 3.29. The van der Waals surface area contributed by atoms with E-state index < -0.39 is 5.76 Å². The molecule has 2 aromatic carbocycles. The van der Waals surface area contributed by atoms with Crippen LogP contribution in [0.25, 0.3) is 11.1 Å². The number of rotatable bonds is 4. The second-order valence-electron chi connectivity index (χ2n) is 3.73. The summed E-state index contributed by atoms with van der Waals surface area (Å²) >= 11 is 0.564. The smallest absolute Gasteiger partial charge is 0.288 e. The van der Waals surface area contributed by atoms with Gasteiger partial charge < -0.3 is 5.32 Å². The highest BCUT2D eigenvalue weighted by atomic mass is 32.2. The third kappa shape index (κ3) is 3.23. The molecule has 2 aromatic rings. The minimum Gasteiger partial charge on any atom is -0.388 e. The molecule has 94 valence electrons. The van der Waals surface area contributed by atoms with Crippen molar-refractivity contribution >= 4 is 17.4 Å². The molecule has 0 bridgehead atoms. The van der Waals surface area contributed by atoms with Crippen molar-refractivity contribution in [2.45, 2.75) is 10.7 Å². The maximum atomic E-state index is 12.2. The number of alkyl halides is 2. The molecular formula is C14H13F2NS. The number of hydrogen-bond donors (Lipinski definition) is 1. The van der Waals surface area contributed by atoms with E-state index >= 15 is 0 Å². The van der Waals surface area contributed by atoms with Crippen LogP contribution in [0.4, 0.5) is 14.5 Å². The lowest BCUT2D eigenvalue weighted by molar-refractivity contribution is 0.252. The molecule has 1 N–H and O–H groups in total. The van der Waals surface area contributed by atoms with E-state index in [2.05, 4.69) is 5.32 Å². The van der Waals surface area contributed by atoms with Gasteiger partial charge in [-0.1, -0.05) is 36.0 Å². The van der Waals surface area contributed by atoms with Gasteiger partial charge in [-0.3, -0.25) is 0 Å². The van der Waals surface area contributed by atoms with Crippen LogP contribution in [-0.4, -0.2) is 12.8 Å². The molecule has 0 saturated carbocycles. The summed E-state index contributed by atoms with van der Waals surface area (Å²) in [5.41, 5.74) is 3.11. The van der Waals surface area contributed by atoms with Gasteiger partial charge in [0.2, 0.25) is 0 Å². The van der Waals surface area contributed by atoms with Gasteiger partial charge in [-0.2, -0.15) is 8.78 Å². The summed E-state index contributed by atoms with van der Waals surface area (Å²) in [5.74, 6) is -2.37. The van der Waals surface area contributed by atoms with Crippen molar-refractivity contribution in [1.82, 2.24) is 0 Å². The highest BCUT2D eigenvalue weighted by molar-refractivity contribution is 7.99. The topological polar surface area (TPSA) is 12.0 Å². The van der Waals surface area contributed by atoms with E-state index in [1.807, 2.05) is 43.4 Å². The lowest BCUT2D eigenvalue weighted by atomic mass is 10.1. The highest BCUT2D eigenvalue weighted by Gasteiger charge is 2.05. The molecule has 0 aliphatic carbocycles. The average molecular weight is 265 g/mol. The first kappa shape index (κ1) is 12.9. The Kier molecular flexibility index (Phi) is 4.20. The quantitative estimate of drug-likeness (QED) is 0.803. The van der Waals surface area contributed by atoms with Crippen molar-refractivity contribution in [3.05, 3.63) is 48.5 Å². The Hall–Kier alpha value is -1.55. The maximum Gasteiger partial charge on any atom is 0.288 e. The van der Waals surface area contributed by atoms with E-state index in [1.54, 1.807) is 12.1 Å². The first-order valence-electron chi connectivity index (χ1n) is 5.52. The second-order valence-corrected chi connectivity index (χ2v) is 4.80. The number of thioether (sulfide) groups is 1. The molecule has 0 amide bonds. The molecule has 0 fully saturated rings. The van der Waals surface area contributed by atoms with E-state index in [0.29, 0.717) is 16.7 Å².